The van der Waals surface area contributed by atoms with Crippen LogP contribution in [0.4, 0.5) is 5.69 Å². The molecule has 2 N–H and O–H groups in total. The van der Waals surface area contributed by atoms with Crippen LogP contribution in [-0.4, -0.2) is 24.5 Å². The first-order valence-corrected chi connectivity index (χ1v) is 8.52. The highest BCUT2D eigenvalue weighted by molar-refractivity contribution is 8.13. The van der Waals surface area contributed by atoms with Gasteiger partial charge >= 0.3 is 0 Å². The number of halogens is 1. The van der Waals surface area contributed by atoms with E-state index in [1.54, 1.807) is 13.0 Å². The highest BCUT2D eigenvalue weighted by Crippen LogP contribution is 2.27. The summed E-state index contributed by atoms with van der Waals surface area (Å²) in [5, 5.41) is 9.05. The Morgan fingerprint density at radius 2 is 2.14 bits per heavy atom. The molecular weight excluding hydrogens is 314 g/mol. The third-order valence-corrected chi connectivity index (χ3v) is 4.37. The van der Waals surface area contributed by atoms with E-state index in [2.05, 4.69) is 15.5 Å². The monoisotopic (exact) mass is 327 g/mol. The number of aryl methyl sites for hydroxylation is 2. The Morgan fingerprint density at radius 3 is 2.67 bits per heavy atom. The number of amides is 1. The Kier molecular flexibility index (Phi) is 4.34. The van der Waals surface area contributed by atoms with Gasteiger partial charge in [-0.2, -0.15) is 5.10 Å². The van der Waals surface area contributed by atoms with Crippen LogP contribution in [0, 0.1) is 6.92 Å². The molecule has 2 aromatic rings. The van der Waals surface area contributed by atoms with E-state index >= 15 is 0 Å². The number of rotatable bonds is 4. The first-order valence-electron chi connectivity index (χ1n) is 6.22. The molecule has 0 aliphatic heterocycles. The molecule has 0 unspecified atom stereocenters. The smallest absolute Gasteiger partial charge is 0.273 e. The Hall–Kier alpha value is -1.86. The number of aromatic amines is 1. The number of benzene rings is 1. The molecule has 0 spiro atoms. The fourth-order valence-corrected chi connectivity index (χ4v) is 2.85. The quantitative estimate of drug-likeness (QED) is 0.844. The molecule has 0 aliphatic rings. The second kappa shape index (κ2) is 5.87. The van der Waals surface area contributed by atoms with Crippen LogP contribution in [0.3, 0.4) is 0 Å². The minimum atomic E-state index is -3.80. The van der Waals surface area contributed by atoms with Gasteiger partial charge in [0, 0.05) is 22.6 Å². The molecule has 0 bridgehead atoms. The predicted octanol–water partition coefficient (Wildman–Crippen LogP) is 2.46. The number of nitrogens with one attached hydrogen (secondary N) is 2. The number of nitrogens with zero attached hydrogens (tertiary/aromatic N) is 1. The van der Waals surface area contributed by atoms with Gasteiger partial charge in [0.15, 0.2) is 0 Å². The van der Waals surface area contributed by atoms with E-state index in [0.29, 0.717) is 28.9 Å². The summed E-state index contributed by atoms with van der Waals surface area (Å²) in [4.78, 5) is 12.1. The average Bonchev–Trinajstić information content (AvgIpc) is 2.93. The van der Waals surface area contributed by atoms with Gasteiger partial charge in [0.05, 0.1) is 4.90 Å². The number of hydrogen-bond acceptors (Lipinski definition) is 4. The number of anilines is 1. The zero-order chi connectivity index (χ0) is 15.6. The molecule has 0 saturated carbocycles. The summed E-state index contributed by atoms with van der Waals surface area (Å²) in [5.74, 6) is -0.341. The molecular formula is C13H14ClN3O3S. The third-order valence-electron chi connectivity index (χ3n) is 3.04. The second-order valence-electron chi connectivity index (χ2n) is 4.49. The zero-order valence-electron chi connectivity index (χ0n) is 11.5. The lowest BCUT2D eigenvalue weighted by molar-refractivity contribution is 0.102. The normalized spacial score (nSPS) is 11.4. The molecule has 0 saturated heterocycles. The first kappa shape index (κ1) is 15.5. The molecule has 0 radical (unpaired) electrons. The molecule has 0 atom stereocenters. The maximum Gasteiger partial charge on any atom is 0.273 e. The van der Waals surface area contributed by atoms with Crippen molar-refractivity contribution in [2.75, 3.05) is 5.32 Å². The van der Waals surface area contributed by atoms with Crippen LogP contribution in [0.1, 0.15) is 28.5 Å². The molecule has 112 valence electrons. The fourth-order valence-electron chi connectivity index (χ4n) is 1.99. The molecule has 8 heteroatoms. The minimum Gasteiger partial charge on any atom is -0.320 e. The van der Waals surface area contributed by atoms with Crippen molar-refractivity contribution in [2.24, 2.45) is 0 Å². The molecule has 6 nitrogen and oxygen atoms in total. The first-order chi connectivity index (χ1) is 9.82. The van der Waals surface area contributed by atoms with Crippen LogP contribution >= 0.6 is 10.7 Å². The lowest BCUT2D eigenvalue weighted by Crippen LogP contribution is -2.15. The lowest BCUT2D eigenvalue weighted by Gasteiger charge is -2.14. The summed E-state index contributed by atoms with van der Waals surface area (Å²) in [5.41, 5.74) is 2.23. The Balaban J connectivity index is 2.42. The number of carbonyl (C=O) groups is 1. The van der Waals surface area contributed by atoms with E-state index in [9.17, 15) is 13.2 Å². The van der Waals surface area contributed by atoms with Crippen LogP contribution in [0.25, 0.3) is 0 Å². The summed E-state index contributed by atoms with van der Waals surface area (Å²) < 4.78 is 22.9. The van der Waals surface area contributed by atoms with Crippen LogP contribution < -0.4 is 5.32 Å². The van der Waals surface area contributed by atoms with Crippen molar-refractivity contribution in [3.05, 3.63) is 41.2 Å². The molecule has 0 aliphatic carbocycles. The molecule has 1 aromatic heterocycles. The van der Waals surface area contributed by atoms with E-state index < -0.39 is 9.05 Å². The van der Waals surface area contributed by atoms with E-state index in [4.69, 9.17) is 10.7 Å². The molecule has 0 fully saturated rings. The predicted molar refractivity (Wildman–Crippen MR) is 80.1 cm³/mol. The molecule has 21 heavy (non-hydrogen) atoms. The summed E-state index contributed by atoms with van der Waals surface area (Å²) in [6.07, 6.45) is 2.03. The Bertz CT molecular complexity index is 770. The SMILES string of the molecule is CCc1cc(S(=O)(=O)Cl)cc(C)c1NC(=O)c1ccn[nH]1. The third kappa shape index (κ3) is 3.43. The summed E-state index contributed by atoms with van der Waals surface area (Å²) in [6, 6.07) is 4.45. The maximum atomic E-state index is 12.1. The van der Waals surface area contributed by atoms with Gasteiger partial charge in [-0.05, 0) is 42.7 Å². The van der Waals surface area contributed by atoms with E-state index in [0.717, 1.165) is 0 Å². The van der Waals surface area contributed by atoms with Crippen molar-refractivity contribution in [3.8, 4) is 0 Å². The fraction of sp³-hybridized carbons (Fsp3) is 0.231. The Labute approximate surface area is 126 Å². The second-order valence-corrected chi connectivity index (χ2v) is 7.06. The number of hydrogen-bond donors (Lipinski definition) is 2. The molecule has 1 aromatic carbocycles. The van der Waals surface area contributed by atoms with Gasteiger partial charge in [-0.25, -0.2) is 8.42 Å². The lowest BCUT2D eigenvalue weighted by atomic mass is 10.1. The van der Waals surface area contributed by atoms with Gasteiger partial charge in [-0.1, -0.05) is 6.92 Å². The van der Waals surface area contributed by atoms with E-state index in [1.807, 2.05) is 6.92 Å². The summed E-state index contributed by atoms with van der Waals surface area (Å²) >= 11 is 0. The van der Waals surface area contributed by atoms with Gasteiger partial charge in [0.25, 0.3) is 15.0 Å². The maximum absolute atomic E-state index is 12.1. The summed E-state index contributed by atoms with van der Waals surface area (Å²) in [7, 11) is 1.57. The van der Waals surface area contributed by atoms with Crippen molar-refractivity contribution < 1.29 is 13.2 Å². The van der Waals surface area contributed by atoms with Crippen molar-refractivity contribution in [1.29, 1.82) is 0 Å². The minimum absolute atomic E-state index is 0.0260. The zero-order valence-corrected chi connectivity index (χ0v) is 13.0. The van der Waals surface area contributed by atoms with E-state index in [-0.39, 0.29) is 10.8 Å². The molecule has 1 heterocycles. The van der Waals surface area contributed by atoms with Crippen LogP contribution in [0.5, 0.6) is 0 Å². The standard InChI is InChI=1S/C13H14ClN3O3S/c1-3-9-7-10(21(14,19)20)6-8(2)12(9)16-13(18)11-4-5-15-17-11/h4-7H,3H2,1-2H3,(H,15,17)(H,16,18). The summed E-state index contributed by atoms with van der Waals surface area (Å²) in [6.45, 7) is 3.58. The number of aromatic nitrogens is 2. The van der Waals surface area contributed by atoms with Crippen molar-refractivity contribution in [3.63, 3.8) is 0 Å². The van der Waals surface area contributed by atoms with Crippen molar-refractivity contribution in [1.82, 2.24) is 10.2 Å². The Morgan fingerprint density at radius 1 is 1.43 bits per heavy atom. The largest absolute Gasteiger partial charge is 0.320 e. The van der Waals surface area contributed by atoms with Gasteiger partial charge in [-0.15, -0.1) is 0 Å². The van der Waals surface area contributed by atoms with E-state index in [1.165, 1.54) is 18.3 Å². The van der Waals surface area contributed by atoms with Crippen molar-refractivity contribution >= 4 is 31.3 Å². The average molecular weight is 328 g/mol. The highest BCUT2D eigenvalue weighted by Gasteiger charge is 2.17. The molecule has 1 amide bonds. The van der Waals surface area contributed by atoms with Crippen LogP contribution in [-0.2, 0) is 15.5 Å². The van der Waals surface area contributed by atoms with Gasteiger partial charge in [0.2, 0.25) is 0 Å². The van der Waals surface area contributed by atoms with Crippen molar-refractivity contribution in [2.45, 2.75) is 25.2 Å². The molecule has 2 rings (SSSR count). The van der Waals surface area contributed by atoms with Gasteiger partial charge in [-0.3, -0.25) is 9.89 Å². The number of H-pyrrole nitrogens is 1. The topological polar surface area (TPSA) is 91.9 Å². The highest BCUT2D eigenvalue weighted by atomic mass is 35.7. The number of carbonyl (C=O) groups excluding carboxylic acids is 1. The van der Waals surface area contributed by atoms with Crippen LogP contribution in [0.2, 0.25) is 0 Å². The van der Waals surface area contributed by atoms with Crippen LogP contribution in [0.15, 0.2) is 29.3 Å². The van der Waals surface area contributed by atoms with Gasteiger partial charge < -0.3 is 5.32 Å². The van der Waals surface area contributed by atoms with Gasteiger partial charge in [0.1, 0.15) is 5.69 Å².